The Kier molecular flexibility index (Phi) is 7.99. The summed E-state index contributed by atoms with van der Waals surface area (Å²) in [6.07, 6.45) is -2.02. The van der Waals surface area contributed by atoms with Crippen molar-refractivity contribution in [3.05, 3.63) is 35.5 Å². The molecule has 2 nitrogen and oxygen atoms in total. The highest BCUT2D eigenvalue weighted by atomic mass is 19.4. The number of halogens is 3. The van der Waals surface area contributed by atoms with Crippen LogP contribution in [-0.2, 0) is 12.6 Å². The lowest BCUT2D eigenvalue weighted by molar-refractivity contribution is -0.137. The van der Waals surface area contributed by atoms with Gasteiger partial charge in [-0.15, -0.1) is 0 Å². The molecule has 0 radical (unpaired) electrons. The number of hydrogen-bond acceptors (Lipinski definition) is 1. The molecule has 0 aliphatic carbocycles. The van der Waals surface area contributed by atoms with Crippen LogP contribution in [0.25, 0.3) is 10.9 Å². The maximum atomic E-state index is 12.5. The van der Waals surface area contributed by atoms with Crippen LogP contribution in [0.15, 0.2) is 24.4 Å². The van der Waals surface area contributed by atoms with Crippen LogP contribution in [-0.4, -0.2) is 11.5 Å². The standard InChI is InChI=1S/C11H11F3N2.2C2H6/c12-11(13,14)8-1-2-10-9(5-8)7(3-4-15)6-16-10;2*1-2/h1-2,5-6,16H,3-4,15H2;2*1-2H3. The van der Waals surface area contributed by atoms with Crippen LogP contribution < -0.4 is 5.73 Å². The van der Waals surface area contributed by atoms with E-state index in [0.717, 1.165) is 17.7 Å². The molecule has 1 heterocycles. The Labute approximate surface area is 118 Å². The fourth-order valence-corrected chi connectivity index (χ4v) is 1.72. The minimum absolute atomic E-state index is 0.420. The molecule has 0 amide bonds. The van der Waals surface area contributed by atoms with E-state index < -0.39 is 11.7 Å². The molecule has 0 spiro atoms. The minimum Gasteiger partial charge on any atom is -0.361 e. The molecule has 0 aliphatic heterocycles. The van der Waals surface area contributed by atoms with Crippen molar-refractivity contribution in [3.63, 3.8) is 0 Å². The number of hydrogen-bond donors (Lipinski definition) is 2. The van der Waals surface area contributed by atoms with Gasteiger partial charge in [-0.3, -0.25) is 0 Å². The topological polar surface area (TPSA) is 41.8 Å². The third kappa shape index (κ3) is 4.56. The van der Waals surface area contributed by atoms with E-state index in [2.05, 4.69) is 4.98 Å². The van der Waals surface area contributed by atoms with Gasteiger partial charge < -0.3 is 10.7 Å². The predicted octanol–water partition coefficient (Wildman–Crippen LogP) is 4.74. The lowest BCUT2D eigenvalue weighted by Crippen LogP contribution is -2.05. The smallest absolute Gasteiger partial charge is 0.361 e. The highest BCUT2D eigenvalue weighted by Crippen LogP contribution is 2.32. The fraction of sp³-hybridized carbons (Fsp3) is 0.467. The Morgan fingerprint density at radius 1 is 1.10 bits per heavy atom. The Morgan fingerprint density at radius 3 is 2.20 bits per heavy atom. The molecule has 114 valence electrons. The van der Waals surface area contributed by atoms with Gasteiger partial charge >= 0.3 is 6.18 Å². The van der Waals surface area contributed by atoms with Gasteiger partial charge in [0.1, 0.15) is 0 Å². The van der Waals surface area contributed by atoms with E-state index in [0.29, 0.717) is 23.9 Å². The number of nitrogens with one attached hydrogen (secondary N) is 1. The summed E-state index contributed by atoms with van der Waals surface area (Å²) in [6.45, 7) is 8.42. The van der Waals surface area contributed by atoms with E-state index in [9.17, 15) is 13.2 Å². The van der Waals surface area contributed by atoms with E-state index in [-0.39, 0.29) is 0 Å². The molecular formula is C15H23F3N2. The molecular weight excluding hydrogens is 265 g/mol. The van der Waals surface area contributed by atoms with Crippen molar-refractivity contribution in [1.82, 2.24) is 4.98 Å². The minimum atomic E-state index is -4.30. The van der Waals surface area contributed by atoms with Crippen LogP contribution in [0, 0.1) is 0 Å². The second kappa shape index (κ2) is 8.64. The molecule has 0 atom stereocenters. The number of H-pyrrole nitrogens is 1. The van der Waals surface area contributed by atoms with Gasteiger partial charge in [-0.2, -0.15) is 13.2 Å². The molecule has 0 fully saturated rings. The van der Waals surface area contributed by atoms with Crippen LogP contribution >= 0.6 is 0 Å². The van der Waals surface area contributed by atoms with Crippen molar-refractivity contribution >= 4 is 10.9 Å². The van der Waals surface area contributed by atoms with Crippen molar-refractivity contribution in [3.8, 4) is 0 Å². The number of alkyl halides is 3. The van der Waals surface area contributed by atoms with Gasteiger partial charge in [0, 0.05) is 17.1 Å². The summed E-state index contributed by atoms with van der Waals surface area (Å²) < 4.78 is 37.5. The molecule has 0 saturated carbocycles. The van der Waals surface area contributed by atoms with Crippen LogP contribution in [0.3, 0.4) is 0 Å². The van der Waals surface area contributed by atoms with Crippen LogP contribution in [0.4, 0.5) is 13.2 Å². The largest absolute Gasteiger partial charge is 0.416 e. The van der Waals surface area contributed by atoms with Gasteiger partial charge in [-0.05, 0) is 36.7 Å². The van der Waals surface area contributed by atoms with E-state index >= 15 is 0 Å². The summed E-state index contributed by atoms with van der Waals surface area (Å²) >= 11 is 0. The van der Waals surface area contributed by atoms with E-state index in [1.54, 1.807) is 6.20 Å². The highest BCUT2D eigenvalue weighted by molar-refractivity contribution is 5.84. The molecule has 0 saturated heterocycles. The van der Waals surface area contributed by atoms with E-state index in [1.807, 2.05) is 27.7 Å². The Bertz CT molecular complexity index is 501. The zero-order chi connectivity index (χ0) is 15.8. The molecule has 2 rings (SSSR count). The first-order valence-electron chi connectivity index (χ1n) is 6.89. The third-order valence-corrected chi connectivity index (χ3v) is 2.51. The average molecular weight is 288 g/mol. The lowest BCUT2D eigenvalue weighted by atomic mass is 10.1. The lowest BCUT2D eigenvalue weighted by Gasteiger charge is -2.06. The summed E-state index contributed by atoms with van der Waals surface area (Å²) in [6, 6.07) is 3.68. The maximum Gasteiger partial charge on any atom is 0.416 e. The van der Waals surface area contributed by atoms with Gasteiger partial charge in [0.05, 0.1) is 5.56 Å². The van der Waals surface area contributed by atoms with Crippen molar-refractivity contribution in [2.75, 3.05) is 6.54 Å². The molecule has 5 heteroatoms. The zero-order valence-electron chi connectivity index (χ0n) is 12.4. The SMILES string of the molecule is CC.CC.NCCc1c[nH]c2ccc(C(F)(F)F)cc12. The van der Waals surface area contributed by atoms with Crippen molar-refractivity contribution in [2.24, 2.45) is 5.73 Å². The van der Waals surface area contributed by atoms with Gasteiger partial charge in [-0.1, -0.05) is 27.7 Å². The monoisotopic (exact) mass is 288 g/mol. The zero-order valence-corrected chi connectivity index (χ0v) is 12.4. The first-order valence-corrected chi connectivity index (χ1v) is 6.89. The Balaban J connectivity index is 0.000000829. The second-order valence-corrected chi connectivity index (χ2v) is 3.61. The van der Waals surface area contributed by atoms with E-state index in [1.165, 1.54) is 6.07 Å². The molecule has 0 bridgehead atoms. The van der Waals surface area contributed by atoms with Crippen LogP contribution in [0.2, 0.25) is 0 Å². The van der Waals surface area contributed by atoms with Gasteiger partial charge in [0.25, 0.3) is 0 Å². The van der Waals surface area contributed by atoms with Crippen LogP contribution in [0.1, 0.15) is 38.8 Å². The summed E-state index contributed by atoms with van der Waals surface area (Å²) in [7, 11) is 0. The van der Waals surface area contributed by atoms with Crippen molar-refractivity contribution < 1.29 is 13.2 Å². The Hall–Kier alpha value is -1.49. The van der Waals surface area contributed by atoms with Gasteiger partial charge in [0.2, 0.25) is 0 Å². The molecule has 1 aromatic carbocycles. The predicted molar refractivity (Wildman–Crippen MR) is 78.8 cm³/mol. The third-order valence-electron chi connectivity index (χ3n) is 2.51. The number of aromatic nitrogens is 1. The Morgan fingerprint density at radius 2 is 1.70 bits per heavy atom. The first kappa shape index (κ1) is 18.5. The second-order valence-electron chi connectivity index (χ2n) is 3.61. The number of nitrogens with two attached hydrogens (primary N) is 1. The molecule has 2 aromatic rings. The summed E-state index contributed by atoms with van der Waals surface area (Å²) in [5.41, 5.74) is 6.30. The van der Waals surface area contributed by atoms with Gasteiger partial charge in [-0.25, -0.2) is 0 Å². The molecule has 20 heavy (non-hydrogen) atoms. The fourth-order valence-electron chi connectivity index (χ4n) is 1.72. The van der Waals surface area contributed by atoms with E-state index in [4.69, 9.17) is 5.73 Å². The molecule has 3 N–H and O–H groups in total. The van der Waals surface area contributed by atoms with Gasteiger partial charge in [0.15, 0.2) is 0 Å². The summed E-state index contributed by atoms with van der Waals surface area (Å²) in [4.78, 5) is 2.93. The quantitative estimate of drug-likeness (QED) is 0.823. The summed E-state index contributed by atoms with van der Waals surface area (Å²) in [5.74, 6) is 0. The maximum absolute atomic E-state index is 12.5. The highest BCUT2D eigenvalue weighted by Gasteiger charge is 2.30. The molecule has 0 aliphatic rings. The number of fused-ring (bicyclic) bond motifs is 1. The number of rotatable bonds is 2. The van der Waals surface area contributed by atoms with Crippen molar-refractivity contribution in [2.45, 2.75) is 40.3 Å². The van der Waals surface area contributed by atoms with Crippen molar-refractivity contribution in [1.29, 1.82) is 0 Å². The molecule has 0 unspecified atom stereocenters. The number of aromatic amines is 1. The normalized spacial score (nSPS) is 10.4. The number of benzene rings is 1. The average Bonchev–Trinajstić information content (AvgIpc) is 2.85. The van der Waals surface area contributed by atoms with Crippen LogP contribution in [0.5, 0.6) is 0 Å². The summed E-state index contributed by atoms with van der Waals surface area (Å²) in [5, 5.41) is 0.597. The molecule has 1 aromatic heterocycles. The first-order chi connectivity index (χ1) is 9.52.